The Kier molecular flexibility index (Phi) is 2.73. The molecule has 0 N–H and O–H groups in total. The highest BCUT2D eigenvalue weighted by molar-refractivity contribution is 6.61. The smallest absolute Gasteiger partial charge is 0.398 e. The fourth-order valence-corrected chi connectivity index (χ4v) is 2.37. The number of anilines is 1. The second-order valence-electron chi connectivity index (χ2n) is 6.51. The first-order valence-corrected chi connectivity index (χ1v) is 6.94. The summed E-state index contributed by atoms with van der Waals surface area (Å²) in [5.74, 6) is 1.01. The van der Waals surface area contributed by atoms with Crippen molar-refractivity contribution in [2.45, 2.75) is 45.3 Å². The second-order valence-corrected chi connectivity index (χ2v) is 6.51. The number of hydrogen-bond donors (Lipinski definition) is 0. The predicted molar refractivity (Wildman–Crippen MR) is 75.8 cm³/mol. The number of nitrogens with zero attached hydrogens (tertiary/aromatic N) is 3. The summed E-state index contributed by atoms with van der Waals surface area (Å²) >= 11 is 0. The highest BCUT2D eigenvalue weighted by Crippen LogP contribution is 2.36. The Morgan fingerprint density at radius 1 is 1.16 bits per heavy atom. The van der Waals surface area contributed by atoms with Crippen LogP contribution in [0.5, 0.6) is 0 Å². The molecule has 6 heteroatoms. The summed E-state index contributed by atoms with van der Waals surface area (Å²) in [5.41, 5.74) is 0.237. The number of aromatic nitrogens is 2. The molecular weight excluding hydrogens is 241 g/mol. The molecule has 19 heavy (non-hydrogen) atoms. The van der Waals surface area contributed by atoms with E-state index in [2.05, 4.69) is 42.1 Å². The molecular formula is C13H22BN3O2. The van der Waals surface area contributed by atoms with Gasteiger partial charge in [0.1, 0.15) is 0 Å². The quantitative estimate of drug-likeness (QED) is 0.744. The third kappa shape index (κ3) is 1.97. The first kappa shape index (κ1) is 13.0. The lowest BCUT2D eigenvalue weighted by Crippen LogP contribution is -2.41. The maximum absolute atomic E-state index is 6.03. The number of hydrogen-bond acceptors (Lipinski definition) is 4. The summed E-state index contributed by atoms with van der Waals surface area (Å²) in [7, 11) is 1.65. The van der Waals surface area contributed by atoms with Gasteiger partial charge in [0.15, 0.2) is 0 Å². The first-order chi connectivity index (χ1) is 8.80. The van der Waals surface area contributed by atoms with Crippen LogP contribution in [0.2, 0.25) is 0 Å². The van der Waals surface area contributed by atoms with Crippen LogP contribution < -0.4 is 10.5 Å². The summed E-state index contributed by atoms with van der Waals surface area (Å²) in [4.78, 5) is 6.96. The summed E-state index contributed by atoms with van der Waals surface area (Å²) < 4.78 is 14.1. The van der Waals surface area contributed by atoms with Gasteiger partial charge >= 0.3 is 7.12 Å². The van der Waals surface area contributed by atoms with E-state index in [9.17, 15) is 0 Å². The molecule has 0 amide bonds. The minimum atomic E-state index is -0.369. The Morgan fingerprint density at radius 2 is 1.74 bits per heavy atom. The van der Waals surface area contributed by atoms with Gasteiger partial charge in [0.25, 0.3) is 0 Å². The zero-order chi connectivity index (χ0) is 13.8. The van der Waals surface area contributed by atoms with Crippen molar-refractivity contribution in [2.75, 3.05) is 18.0 Å². The molecule has 3 rings (SSSR count). The maximum atomic E-state index is 6.03. The van der Waals surface area contributed by atoms with Crippen LogP contribution in [-0.4, -0.2) is 41.0 Å². The first-order valence-electron chi connectivity index (χ1n) is 6.94. The molecule has 0 saturated carbocycles. The molecule has 0 spiro atoms. The molecule has 1 aromatic heterocycles. The Bertz CT molecular complexity index is 478. The van der Waals surface area contributed by atoms with Crippen LogP contribution in [0, 0.1) is 0 Å². The van der Waals surface area contributed by atoms with Gasteiger partial charge in [-0.2, -0.15) is 0 Å². The highest BCUT2D eigenvalue weighted by Gasteiger charge is 2.52. The summed E-state index contributed by atoms with van der Waals surface area (Å²) in [6.07, 6.45) is 3.26. The predicted octanol–water partition coefficient (Wildman–Crippen LogP) is 0.929. The number of rotatable bonds is 2. The van der Waals surface area contributed by atoms with Gasteiger partial charge in [-0.1, -0.05) is 0 Å². The zero-order valence-electron chi connectivity index (χ0n) is 12.4. The molecule has 0 atom stereocenters. The third-order valence-electron chi connectivity index (χ3n) is 4.50. The van der Waals surface area contributed by atoms with Crippen molar-refractivity contribution in [3.8, 4) is 0 Å². The molecule has 0 bridgehead atoms. The molecule has 0 aliphatic carbocycles. The van der Waals surface area contributed by atoms with E-state index in [0.29, 0.717) is 0 Å². The van der Waals surface area contributed by atoms with E-state index in [1.807, 2.05) is 13.2 Å². The monoisotopic (exact) mass is 263 g/mol. The fraction of sp³-hybridized carbons (Fsp3) is 0.769. The zero-order valence-corrected chi connectivity index (χ0v) is 12.4. The molecule has 1 aromatic rings. The average molecular weight is 263 g/mol. The topological polar surface area (TPSA) is 39.5 Å². The number of imidazole rings is 1. The standard InChI is InChI=1S/C13H22BN3O2/c1-12(2)13(3,4)19-14(18-12)10-9-16(5)11(15-10)17-7-6-8-17/h9H,6-8H2,1-5H3. The lowest BCUT2D eigenvalue weighted by Gasteiger charge is -2.32. The van der Waals surface area contributed by atoms with E-state index in [4.69, 9.17) is 9.31 Å². The molecule has 2 saturated heterocycles. The van der Waals surface area contributed by atoms with Crippen LogP contribution in [0.25, 0.3) is 0 Å². The molecule has 2 fully saturated rings. The van der Waals surface area contributed by atoms with Crippen LogP contribution in [0.1, 0.15) is 34.1 Å². The third-order valence-corrected chi connectivity index (χ3v) is 4.50. The molecule has 2 aliphatic heterocycles. The molecule has 3 heterocycles. The van der Waals surface area contributed by atoms with E-state index in [1.165, 1.54) is 6.42 Å². The van der Waals surface area contributed by atoms with Crippen LogP contribution in [0.15, 0.2) is 6.20 Å². The molecule has 2 aliphatic rings. The molecule has 0 aromatic carbocycles. The summed E-state index contributed by atoms with van der Waals surface area (Å²) in [6, 6.07) is 0. The van der Waals surface area contributed by atoms with Crippen LogP contribution in [-0.2, 0) is 16.4 Å². The lowest BCUT2D eigenvalue weighted by atomic mass is 9.86. The van der Waals surface area contributed by atoms with E-state index in [1.54, 1.807) is 0 Å². The largest absolute Gasteiger partial charge is 0.516 e. The fourth-order valence-electron chi connectivity index (χ4n) is 2.37. The van der Waals surface area contributed by atoms with Crippen molar-refractivity contribution in [2.24, 2.45) is 7.05 Å². The minimum Gasteiger partial charge on any atom is -0.398 e. The van der Waals surface area contributed by atoms with E-state index in [-0.39, 0.29) is 18.3 Å². The van der Waals surface area contributed by atoms with Crippen molar-refractivity contribution >= 4 is 18.7 Å². The Morgan fingerprint density at radius 3 is 2.21 bits per heavy atom. The SMILES string of the molecule is Cn1cc(B2OC(C)(C)C(C)(C)O2)nc1N1CCC1. The van der Waals surface area contributed by atoms with E-state index < -0.39 is 0 Å². The van der Waals surface area contributed by atoms with Crippen molar-refractivity contribution in [3.63, 3.8) is 0 Å². The van der Waals surface area contributed by atoms with Gasteiger partial charge < -0.3 is 18.8 Å². The van der Waals surface area contributed by atoms with Crippen molar-refractivity contribution < 1.29 is 9.31 Å². The Balaban J connectivity index is 1.84. The normalized spacial score (nSPS) is 24.7. The van der Waals surface area contributed by atoms with Crippen molar-refractivity contribution in [3.05, 3.63) is 6.20 Å². The van der Waals surface area contributed by atoms with Gasteiger partial charge in [-0.3, -0.25) is 0 Å². The lowest BCUT2D eigenvalue weighted by molar-refractivity contribution is 0.00578. The molecule has 0 unspecified atom stereocenters. The van der Waals surface area contributed by atoms with Crippen LogP contribution >= 0.6 is 0 Å². The van der Waals surface area contributed by atoms with Gasteiger partial charge in [0.05, 0.1) is 16.8 Å². The highest BCUT2D eigenvalue weighted by atomic mass is 16.7. The van der Waals surface area contributed by atoms with Crippen LogP contribution in [0.3, 0.4) is 0 Å². The molecule has 0 radical (unpaired) electrons. The summed E-state index contributed by atoms with van der Waals surface area (Å²) in [6.45, 7) is 10.4. The van der Waals surface area contributed by atoms with Crippen molar-refractivity contribution in [1.29, 1.82) is 0 Å². The second kappa shape index (κ2) is 3.99. The van der Waals surface area contributed by atoms with Gasteiger partial charge in [-0.25, -0.2) is 4.98 Å². The molecule has 104 valence electrons. The van der Waals surface area contributed by atoms with Gasteiger partial charge in [-0.05, 0) is 34.1 Å². The van der Waals surface area contributed by atoms with Crippen LogP contribution in [0.4, 0.5) is 5.95 Å². The van der Waals surface area contributed by atoms with Crippen molar-refractivity contribution in [1.82, 2.24) is 9.55 Å². The Labute approximate surface area is 115 Å². The maximum Gasteiger partial charge on any atom is 0.516 e. The average Bonchev–Trinajstić information content (AvgIpc) is 2.65. The van der Waals surface area contributed by atoms with Gasteiger partial charge in [0, 0.05) is 26.3 Å². The Hall–Kier alpha value is -1.01. The van der Waals surface area contributed by atoms with E-state index in [0.717, 1.165) is 24.6 Å². The number of aryl methyl sites for hydroxylation is 1. The van der Waals surface area contributed by atoms with Gasteiger partial charge in [-0.15, -0.1) is 0 Å². The summed E-state index contributed by atoms with van der Waals surface area (Å²) in [5, 5.41) is 0. The molecule has 5 nitrogen and oxygen atoms in total. The minimum absolute atomic E-state index is 0.313. The van der Waals surface area contributed by atoms with Gasteiger partial charge in [0.2, 0.25) is 5.95 Å². The van der Waals surface area contributed by atoms with E-state index >= 15 is 0 Å².